The lowest BCUT2D eigenvalue weighted by Crippen LogP contribution is -2.39. The average molecular weight is 435 g/mol. The fourth-order valence-electron chi connectivity index (χ4n) is 5.54. The normalized spacial score (nSPS) is 28.2. The first-order chi connectivity index (χ1) is 15.6. The van der Waals surface area contributed by atoms with E-state index in [0.29, 0.717) is 17.8 Å². The second-order valence-electron chi connectivity index (χ2n) is 10.4. The largest absolute Gasteiger partial charge is 0.352 e. The van der Waals surface area contributed by atoms with Crippen LogP contribution in [0, 0.1) is 17.8 Å². The van der Waals surface area contributed by atoms with Crippen LogP contribution in [-0.2, 0) is 9.47 Å². The van der Waals surface area contributed by atoms with Crippen molar-refractivity contribution in [2.24, 2.45) is 17.8 Å². The minimum Gasteiger partial charge on any atom is -0.352 e. The maximum Gasteiger partial charge on any atom is 0.164 e. The predicted molar refractivity (Wildman–Crippen MR) is 134 cm³/mol. The Morgan fingerprint density at radius 3 is 1.75 bits per heavy atom. The van der Waals surface area contributed by atoms with Crippen molar-refractivity contribution in [1.82, 2.24) is 0 Å². The molecule has 0 amide bonds. The van der Waals surface area contributed by atoms with Crippen LogP contribution >= 0.6 is 0 Å². The van der Waals surface area contributed by atoms with Gasteiger partial charge in [-0.2, -0.15) is 0 Å². The smallest absolute Gasteiger partial charge is 0.164 e. The maximum absolute atomic E-state index is 6.32. The number of ether oxygens (including phenoxy) is 2. The first-order valence-corrected chi connectivity index (χ1v) is 13.0. The highest BCUT2D eigenvalue weighted by atomic mass is 16.7. The number of benzene rings is 2. The lowest BCUT2D eigenvalue weighted by molar-refractivity contribution is -0.220. The summed E-state index contributed by atoms with van der Waals surface area (Å²) in [5.41, 5.74) is 5.30. The topological polar surface area (TPSA) is 18.5 Å². The van der Waals surface area contributed by atoms with Gasteiger partial charge in [0.05, 0.1) is 13.2 Å². The second kappa shape index (κ2) is 11.0. The Morgan fingerprint density at radius 1 is 0.719 bits per heavy atom. The molecule has 2 fully saturated rings. The van der Waals surface area contributed by atoms with Crippen molar-refractivity contribution in [1.29, 1.82) is 0 Å². The van der Waals surface area contributed by atoms with E-state index in [1.54, 1.807) is 0 Å². The molecule has 32 heavy (non-hydrogen) atoms. The molecule has 2 heteroatoms. The van der Waals surface area contributed by atoms with E-state index in [-0.39, 0.29) is 6.29 Å². The van der Waals surface area contributed by atoms with E-state index in [4.69, 9.17) is 9.47 Å². The molecule has 2 aromatic carbocycles. The Morgan fingerprint density at radius 2 is 1.25 bits per heavy atom. The summed E-state index contributed by atoms with van der Waals surface area (Å²) < 4.78 is 12.6. The van der Waals surface area contributed by atoms with E-state index in [1.165, 1.54) is 54.4 Å². The molecule has 2 nitrogen and oxygen atoms in total. The highest BCUT2D eigenvalue weighted by Crippen LogP contribution is 2.37. The molecule has 1 saturated carbocycles. The van der Waals surface area contributed by atoms with E-state index in [2.05, 4.69) is 76.2 Å². The molecule has 0 spiro atoms. The molecule has 174 valence electrons. The molecule has 1 heterocycles. The van der Waals surface area contributed by atoms with Crippen LogP contribution in [0.2, 0.25) is 0 Å². The molecule has 0 N–H and O–H groups in total. The Bertz CT molecular complexity index is 809. The predicted octanol–water partition coefficient (Wildman–Crippen LogP) is 8.18. The summed E-state index contributed by atoms with van der Waals surface area (Å²) in [6.45, 7) is 10.9. The van der Waals surface area contributed by atoms with Crippen LogP contribution in [0.15, 0.2) is 48.5 Å². The third kappa shape index (κ3) is 5.46. The highest BCUT2D eigenvalue weighted by Gasteiger charge is 2.34. The van der Waals surface area contributed by atoms with Gasteiger partial charge in [0, 0.05) is 11.8 Å². The van der Waals surface area contributed by atoms with Gasteiger partial charge in [0.25, 0.3) is 0 Å². The summed E-state index contributed by atoms with van der Waals surface area (Å²) in [5, 5.41) is 0. The molecule has 2 aliphatic rings. The monoisotopic (exact) mass is 434 g/mol. The van der Waals surface area contributed by atoms with E-state index in [9.17, 15) is 0 Å². The summed E-state index contributed by atoms with van der Waals surface area (Å²) in [6.07, 6.45) is 7.53. The van der Waals surface area contributed by atoms with E-state index < -0.39 is 0 Å². The summed E-state index contributed by atoms with van der Waals surface area (Å²) in [4.78, 5) is 0. The number of rotatable bonds is 7. The van der Waals surface area contributed by atoms with Gasteiger partial charge in [0.1, 0.15) is 0 Å². The fourth-order valence-corrected chi connectivity index (χ4v) is 5.54. The Labute approximate surface area is 195 Å². The maximum atomic E-state index is 6.32. The first kappa shape index (κ1) is 23.5. The standard InChI is InChI=1S/C30H42O2/c1-5-22(4)23-11-13-24(14-12-23)25-15-17-27(18-16-25)29(6-2)30-31-19-28(20-32-30)26-9-7-21(3)8-10-26/h11-18,21-22,26,28-30H,5-10,19-20H2,1-4H3. The molecule has 1 aliphatic carbocycles. The molecule has 0 aromatic heterocycles. The van der Waals surface area contributed by atoms with Crippen molar-refractivity contribution in [2.75, 3.05) is 13.2 Å². The summed E-state index contributed by atoms with van der Waals surface area (Å²) >= 11 is 0. The first-order valence-electron chi connectivity index (χ1n) is 13.0. The third-order valence-corrected chi connectivity index (χ3v) is 8.21. The number of hydrogen-bond donors (Lipinski definition) is 0. The van der Waals surface area contributed by atoms with Crippen LogP contribution < -0.4 is 0 Å². The van der Waals surface area contributed by atoms with Gasteiger partial charge in [0.2, 0.25) is 0 Å². The van der Waals surface area contributed by atoms with Crippen molar-refractivity contribution in [3.05, 3.63) is 59.7 Å². The van der Waals surface area contributed by atoms with Crippen LogP contribution in [0.1, 0.15) is 89.2 Å². The van der Waals surface area contributed by atoms with E-state index in [0.717, 1.165) is 31.5 Å². The van der Waals surface area contributed by atoms with Crippen LogP contribution in [0.3, 0.4) is 0 Å². The summed E-state index contributed by atoms with van der Waals surface area (Å²) in [6, 6.07) is 18.1. The molecule has 4 rings (SSSR count). The van der Waals surface area contributed by atoms with Crippen molar-refractivity contribution in [3.63, 3.8) is 0 Å². The Kier molecular flexibility index (Phi) is 8.07. The zero-order valence-electron chi connectivity index (χ0n) is 20.6. The lowest BCUT2D eigenvalue weighted by Gasteiger charge is -2.39. The minimum atomic E-state index is -0.112. The molecule has 0 radical (unpaired) electrons. The van der Waals surface area contributed by atoms with Gasteiger partial charge in [-0.3, -0.25) is 0 Å². The average Bonchev–Trinajstić information content (AvgIpc) is 2.85. The van der Waals surface area contributed by atoms with E-state index >= 15 is 0 Å². The quantitative estimate of drug-likeness (QED) is 0.437. The number of hydrogen-bond acceptors (Lipinski definition) is 2. The van der Waals surface area contributed by atoms with Crippen LogP contribution in [0.4, 0.5) is 0 Å². The van der Waals surface area contributed by atoms with Gasteiger partial charge in [-0.1, -0.05) is 89.1 Å². The van der Waals surface area contributed by atoms with Gasteiger partial charge in [0.15, 0.2) is 6.29 Å². The molecule has 2 unspecified atom stereocenters. The molecule has 2 aromatic rings. The van der Waals surface area contributed by atoms with Crippen molar-refractivity contribution < 1.29 is 9.47 Å². The van der Waals surface area contributed by atoms with Crippen molar-refractivity contribution in [2.45, 2.75) is 84.3 Å². The Balaban J connectivity index is 1.36. The van der Waals surface area contributed by atoms with Gasteiger partial charge in [-0.15, -0.1) is 0 Å². The summed E-state index contributed by atoms with van der Waals surface area (Å²) in [7, 11) is 0. The van der Waals surface area contributed by atoms with Crippen LogP contribution in [-0.4, -0.2) is 19.5 Å². The molecule has 1 saturated heterocycles. The fraction of sp³-hybridized carbons (Fsp3) is 0.600. The van der Waals surface area contributed by atoms with Gasteiger partial charge in [-0.25, -0.2) is 0 Å². The lowest BCUT2D eigenvalue weighted by atomic mass is 9.76. The van der Waals surface area contributed by atoms with Crippen LogP contribution in [0.5, 0.6) is 0 Å². The van der Waals surface area contributed by atoms with Gasteiger partial charge < -0.3 is 9.47 Å². The molecular formula is C30H42O2. The SMILES string of the molecule is CCC(C)c1ccc(-c2ccc(C(CC)C3OCC(C4CCC(C)CC4)CO3)cc2)cc1. The second-order valence-corrected chi connectivity index (χ2v) is 10.4. The molecule has 0 bridgehead atoms. The van der Waals surface area contributed by atoms with Gasteiger partial charge >= 0.3 is 0 Å². The summed E-state index contributed by atoms with van der Waals surface area (Å²) in [5.74, 6) is 3.18. The van der Waals surface area contributed by atoms with Crippen LogP contribution in [0.25, 0.3) is 11.1 Å². The Hall–Kier alpha value is -1.64. The minimum absolute atomic E-state index is 0.112. The third-order valence-electron chi connectivity index (χ3n) is 8.21. The van der Waals surface area contributed by atoms with Crippen molar-refractivity contribution in [3.8, 4) is 11.1 Å². The molecular weight excluding hydrogens is 392 g/mol. The molecule has 1 aliphatic heterocycles. The van der Waals surface area contributed by atoms with Crippen molar-refractivity contribution >= 4 is 0 Å². The zero-order valence-corrected chi connectivity index (χ0v) is 20.6. The molecule has 2 atom stereocenters. The zero-order chi connectivity index (χ0) is 22.5. The highest BCUT2D eigenvalue weighted by molar-refractivity contribution is 5.64. The van der Waals surface area contributed by atoms with Gasteiger partial charge in [-0.05, 0) is 65.7 Å². The van der Waals surface area contributed by atoms with E-state index in [1.807, 2.05) is 0 Å².